The van der Waals surface area contributed by atoms with Gasteiger partial charge in [-0.1, -0.05) is 6.58 Å². The minimum absolute atomic E-state index is 0.325. The third-order valence-corrected chi connectivity index (χ3v) is 4.86. The van der Waals surface area contributed by atoms with Gasteiger partial charge in [-0.05, 0) is 11.6 Å². The Morgan fingerprint density at radius 1 is 1.00 bits per heavy atom. The zero-order valence-electron chi connectivity index (χ0n) is 12.8. The van der Waals surface area contributed by atoms with Crippen molar-refractivity contribution in [2.75, 3.05) is 6.61 Å². The van der Waals surface area contributed by atoms with E-state index in [2.05, 4.69) is 6.58 Å². The molecule has 0 spiro atoms. The molecule has 10 atom stereocenters. The molecule has 0 aromatic heterocycles. The maximum Gasteiger partial charge on any atom is 0.209 e. The summed E-state index contributed by atoms with van der Waals surface area (Å²) in [4.78, 5) is 0. The van der Waals surface area contributed by atoms with Crippen LogP contribution in [-0.2, 0) is 14.2 Å². The molecular formula is C15H22O9. The lowest BCUT2D eigenvalue weighted by atomic mass is 9.91. The molecule has 2 fully saturated rings. The van der Waals surface area contributed by atoms with Crippen molar-refractivity contribution in [2.24, 2.45) is 11.8 Å². The first kappa shape index (κ1) is 17.8. The molecule has 0 aromatic rings. The lowest BCUT2D eigenvalue weighted by Gasteiger charge is -2.42. The highest BCUT2D eigenvalue weighted by Crippen LogP contribution is 2.43. The molecule has 24 heavy (non-hydrogen) atoms. The Morgan fingerprint density at radius 3 is 2.38 bits per heavy atom. The number of fused-ring (bicyclic) bond motifs is 1. The van der Waals surface area contributed by atoms with Crippen molar-refractivity contribution in [2.45, 2.75) is 49.2 Å². The standard InChI is InChI=1S/C15H22O9/c1-5-8-6(10(18)9(5)17)2-3-22-14(8)24-15-13(21)12(20)11(19)7(4-16)23-15/h2-3,6-21H,1,4H2/t6-,7+,8+,9+,10-,11-,12-,13+,14-,15-/m0/s1. The number of ether oxygens (including phenoxy) is 3. The third-order valence-electron chi connectivity index (χ3n) is 4.86. The summed E-state index contributed by atoms with van der Waals surface area (Å²) in [6, 6.07) is 0. The molecule has 3 rings (SSSR count). The SMILES string of the molecule is C=C1[C@H]2[C@H](O[C@@H]3O[C@H](CO)[C@H](O)[C@H](O)[C@H]3O)OC=C[C@@H]2[C@H](O)[C@@H]1O. The van der Waals surface area contributed by atoms with Crippen LogP contribution < -0.4 is 0 Å². The van der Waals surface area contributed by atoms with Crippen LogP contribution in [0.3, 0.4) is 0 Å². The van der Waals surface area contributed by atoms with Crippen LogP contribution >= 0.6 is 0 Å². The molecule has 2 aliphatic heterocycles. The highest BCUT2D eigenvalue weighted by molar-refractivity contribution is 5.24. The van der Waals surface area contributed by atoms with E-state index in [1.807, 2.05) is 0 Å². The molecule has 1 aliphatic carbocycles. The Morgan fingerprint density at radius 2 is 1.71 bits per heavy atom. The number of aliphatic hydroxyl groups excluding tert-OH is 6. The summed E-state index contributed by atoms with van der Waals surface area (Å²) in [6.45, 7) is 3.18. The molecule has 9 heteroatoms. The second kappa shape index (κ2) is 6.70. The van der Waals surface area contributed by atoms with E-state index in [0.717, 1.165) is 0 Å². The van der Waals surface area contributed by atoms with Crippen molar-refractivity contribution in [3.8, 4) is 0 Å². The Kier molecular flexibility index (Phi) is 4.96. The molecule has 0 aromatic carbocycles. The van der Waals surface area contributed by atoms with Crippen molar-refractivity contribution in [3.05, 3.63) is 24.5 Å². The predicted molar refractivity (Wildman–Crippen MR) is 77.0 cm³/mol. The van der Waals surface area contributed by atoms with Crippen LogP contribution in [0.2, 0.25) is 0 Å². The van der Waals surface area contributed by atoms with Gasteiger partial charge in [-0.2, -0.15) is 0 Å². The lowest BCUT2D eigenvalue weighted by Crippen LogP contribution is -2.60. The quantitative estimate of drug-likeness (QED) is 0.298. The fourth-order valence-corrected chi connectivity index (χ4v) is 3.40. The van der Waals surface area contributed by atoms with E-state index in [1.165, 1.54) is 6.26 Å². The van der Waals surface area contributed by atoms with Crippen molar-refractivity contribution in [1.82, 2.24) is 0 Å². The van der Waals surface area contributed by atoms with Crippen molar-refractivity contribution < 1.29 is 44.8 Å². The smallest absolute Gasteiger partial charge is 0.209 e. The van der Waals surface area contributed by atoms with E-state index >= 15 is 0 Å². The molecule has 136 valence electrons. The van der Waals surface area contributed by atoms with Gasteiger partial charge in [0.25, 0.3) is 0 Å². The van der Waals surface area contributed by atoms with Gasteiger partial charge in [0.1, 0.15) is 30.5 Å². The minimum atomic E-state index is -1.57. The molecule has 3 aliphatic rings. The molecule has 2 heterocycles. The first-order valence-corrected chi connectivity index (χ1v) is 7.69. The Bertz CT molecular complexity index is 507. The molecule has 0 radical (unpaired) electrons. The first-order chi connectivity index (χ1) is 11.4. The Hall–Kier alpha value is -1.04. The highest BCUT2D eigenvalue weighted by Gasteiger charge is 2.52. The topological polar surface area (TPSA) is 149 Å². The van der Waals surface area contributed by atoms with Crippen LogP contribution in [0, 0.1) is 11.8 Å². The minimum Gasteiger partial charge on any atom is -0.472 e. The van der Waals surface area contributed by atoms with Crippen LogP contribution in [0.25, 0.3) is 0 Å². The maximum absolute atomic E-state index is 10.0. The summed E-state index contributed by atoms with van der Waals surface area (Å²) in [6.07, 6.45) is -7.43. The fourth-order valence-electron chi connectivity index (χ4n) is 3.40. The van der Waals surface area contributed by atoms with Crippen molar-refractivity contribution >= 4 is 0 Å². The van der Waals surface area contributed by atoms with E-state index in [-0.39, 0.29) is 0 Å². The van der Waals surface area contributed by atoms with Crippen LogP contribution in [0.4, 0.5) is 0 Å². The van der Waals surface area contributed by atoms with Crippen LogP contribution in [0.5, 0.6) is 0 Å². The van der Waals surface area contributed by atoms with Gasteiger partial charge in [0.05, 0.1) is 24.9 Å². The second-order valence-electron chi connectivity index (χ2n) is 6.28. The first-order valence-electron chi connectivity index (χ1n) is 7.69. The number of rotatable bonds is 3. The average molecular weight is 346 g/mol. The van der Waals surface area contributed by atoms with Crippen LogP contribution in [0.15, 0.2) is 24.5 Å². The van der Waals surface area contributed by atoms with Gasteiger partial charge in [0, 0.05) is 5.92 Å². The van der Waals surface area contributed by atoms with E-state index in [1.54, 1.807) is 6.08 Å². The lowest BCUT2D eigenvalue weighted by molar-refractivity contribution is -0.339. The molecule has 9 nitrogen and oxygen atoms in total. The zero-order valence-corrected chi connectivity index (χ0v) is 12.8. The maximum atomic E-state index is 10.0. The van der Waals surface area contributed by atoms with E-state index in [4.69, 9.17) is 14.2 Å². The van der Waals surface area contributed by atoms with E-state index in [0.29, 0.717) is 5.57 Å². The molecule has 6 N–H and O–H groups in total. The van der Waals surface area contributed by atoms with E-state index in [9.17, 15) is 30.6 Å². The van der Waals surface area contributed by atoms with Crippen LogP contribution in [0.1, 0.15) is 0 Å². The van der Waals surface area contributed by atoms with E-state index < -0.39 is 67.6 Å². The van der Waals surface area contributed by atoms with Crippen molar-refractivity contribution in [3.63, 3.8) is 0 Å². The molecule has 1 saturated heterocycles. The largest absolute Gasteiger partial charge is 0.472 e. The van der Waals surface area contributed by atoms with Gasteiger partial charge in [0.15, 0.2) is 6.29 Å². The van der Waals surface area contributed by atoms with Gasteiger partial charge >= 0.3 is 0 Å². The third kappa shape index (κ3) is 2.76. The predicted octanol–water partition coefficient (Wildman–Crippen LogP) is -2.80. The fraction of sp³-hybridized carbons (Fsp3) is 0.733. The number of hydrogen-bond donors (Lipinski definition) is 6. The van der Waals surface area contributed by atoms with Gasteiger partial charge in [-0.3, -0.25) is 0 Å². The van der Waals surface area contributed by atoms with Crippen molar-refractivity contribution in [1.29, 1.82) is 0 Å². The Labute approximate surface area is 138 Å². The monoisotopic (exact) mass is 346 g/mol. The van der Waals surface area contributed by atoms with Gasteiger partial charge in [-0.15, -0.1) is 0 Å². The second-order valence-corrected chi connectivity index (χ2v) is 6.28. The number of hydrogen-bond acceptors (Lipinski definition) is 9. The summed E-state index contributed by atoms with van der Waals surface area (Å²) in [5, 5.41) is 58.8. The normalized spacial score (nSPS) is 51.3. The van der Waals surface area contributed by atoms with Crippen LogP contribution in [-0.4, -0.2) is 86.4 Å². The summed E-state index contributed by atoms with van der Waals surface area (Å²) < 4.78 is 16.2. The summed E-state index contributed by atoms with van der Waals surface area (Å²) in [5.74, 6) is -1.05. The highest BCUT2D eigenvalue weighted by atomic mass is 16.8. The number of aliphatic hydroxyl groups is 6. The molecule has 1 saturated carbocycles. The summed E-state index contributed by atoms with van der Waals surface area (Å²) in [7, 11) is 0. The molecule has 0 unspecified atom stereocenters. The average Bonchev–Trinajstić information content (AvgIpc) is 2.80. The van der Waals surface area contributed by atoms with Gasteiger partial charge in [-0.25, -0.2) is 0 Å². The molecular weight excluding hydrogens is 324 g/mol. The Balaban J connectivity index is 1.75. The molecule has 0 amide bonds. The van der Waals surface area contributed by atoms with Gasteiger partial charge < -0.3 is 44.8 Å². The molecule has 0 bridgehead atoms. The summed E-state index contributed by atoms with van der Waals surface area (Å²) >= 11 is 0. The summed E-state index contributed by atoms with van der Waals surface area (Å²) in [5.41, 5.74) is 0.325. The zero-order chi connectivity index (χ0) is 17.6. The van der Waals surface area contributed by atoms with Gasteiger partial charge in [0.2, 0.25) is 6.29 Å².